The molecule has 5 heteroatoms. The van der Waals surface area contributed by atoms with Crippen LogP contribution in [-0.4, -0.2) is 76.3 Å². The standard InChI is InChI=1S/C11H26N2O3/c1-4-12-11(10-14)9-13(5-7-15-2)6-8-16-3/h11-12,14H,4-10H2,1-3H3. The van der Waals surface area contributed by atoms with Gasteiger partial charge in [0.15, 0.2) is 0 Å². The molecule has 5 nitrogen and oxygen atoms in total. The molecule has 0 aliphatic heterocycles. The van der Waals surface area contributed by atoms with Crippen molar-refractivity contribution in [3.05, 3.63) is 0 Å². The summed E-state index contributed by atoms with van der Waals surface area (Å²) in [6.07, 6.45) is 0. The van der Waals surface area contributed by atoms with Crippen molar-refractivity contribution in [2.45, 2.75) is 13.0 Å². The number of ether oxygens (including phenoxy) is 2. The Morgan fingerprint density at radius 2 is 1.75 bits per heavy atom. The normalized spacial score (nSPS) is 13.3. The Labute approximate surface area is 98.7 Å². The van der Waals surface area contributed by atoms with Gasteiger partial charge in [-0.2, -0.15) is 0 Å². The zero-order valence-corrected chi connectivity index (χ0v) is 10.7. The maximum atomic E-state index is 9.21. The largest absolute Gasteiger partial charge is 0.395 e. The van der Waals surface area contributed by atoms with E-state index in [0.717, 1.165) is 26.2 Å². The lowest BCUT2D eigenvalue weighted by atomic mass is 10.2. The van der Waals surface area contributed by atoms with Crippen molar-refractivity contribution < 1.29 is 14.6 Å². The molecule has 0 bridgehead atoms. The third kappa shape index (κ3) is 8.01. The molecule has 0 saturated carbocycles. The summed E-state index contributed by atoms with van der Waals surface area (Å²) in [6, 6.07) is 0.124. The molecule has 0 aromatic rings. The van der Waals surface area contributed by atoms with Crippen LogP contribution >= 0.6 is 0 Å². The number of aliphatic hydroxyl groups is 1. The molecule has 0 radical (unpaired) electrons. The van der Waals surface area contributed by atoms with Crippen LogP contribution in [0.5, 0.6) is 0 Å². The summed E-state index contributed by atoms with van der Waals surface area (Å²) in [5.74, 6) is 0. The molecule has 0 saturated heterocycles. The van der Waals surface area contributed by atoms with Gasteiger partial charge in [0.05, 0.1) is 19.8 Å². The maximum absolute atomic E-state index is 9.21. The number of nitrogens with one attached hydrogen (secondary N) is 1. The van der Waals surface area contributed by atoms with Gasteiger partial charge in [0.2, 0.25) is 0 Å². The predicted octanol–water partition coefficient (Wildman–Crippen LogP) is -0.448. The van der Waals surface area contributed by atoms with Crippen LogP contribution in [0.4, 0.5) is 0 Å². The lowest BCUT2D eigenvalue weighted by molar-refractivity contribution is 0.0993. The van der Waals surface area contributed by atoms with E-state index in [2.05, 4.69) is 10.2 Å². The van der Waals surface area contributed by atoms with Gasteiger partial charge in [0.1, 0.15) is 0 Å². The van der Waals surface area contributed by atoms with Crippen molar-refractivity contribution in [1.29, 1.82) is 0 Å². The zero-order chi connectivity index (χ0) is 12.2. The third-order valence-electron chi connectivity index (χ3n) is 2.42. The van der Waals surface area contributed by atoms with Crippen LogP contribution in [0.3, 0.4) is 0 Å². The van der Waals surface area contributed by atoms with E-state index in [1.807, 2.05) is 6.92 Å². The van der Waals surface area contributed by atoms with E-state index in [0.29, 0.717) is 13.2 Å². The Morgan fingerprint density at radius 1 is 1.19 bits per heavy atom. The fraction of sp³-hybridized carbons (Fsp3) is 1.00. The molecule has 16 heavy (non-hydrogen) atoms. The molecule has 1 atom stereocenters. The molecule has 0 rings (SSSR count). The van der Waals surface area contributed by atoms with Gasteiger partial charge in [-0.1, -0.05) is 6.92 Å². The Kier molecular flexibility index (Phi) is 11.1. The van der Waals surface area contributed by atoms with Gasteiger partial charge in [-0.3, -0.25) is 4.90 Å². The average molecular weight is 234 g/mol. The summed E-state index contributed by atoms with van der Waals surface area (Å²) in [7, 11) is 3.39. The number of hydrogen-bond acceptors (Lipinski definition) is 5. The van der Waals surface area contributed by atoms with Gasteiger partial charge in [-0.25, -0.2) is 0 Å². The van der Waals surface area contributed by atoms with Crippen molar-refractivity contribution in [3.8, 4) is 0 Å². The highest BCUT2D eigenvalue weighted by Gasteiger charge is 2.12. The maximum Gasteiger partial charge on any atom is 0.0597 e. The van der Waals surface area contributed by atoms with Crippen LogP contribution in [0, 0.1) is 0 Å². The van der Waals surface area contributed by atoms with Gasteiger partial charge < -0.3 is 19.9 Å². The minimum Gasteiger partial charge on any atom is -0.395 e. The number of likely N-dealkylation sites (N-methyl/N-ethyl adjacent to an activating group) is 1. The van der Waals surface area contributed by atoms with Crippen LogP contribution in [0.2, 0.25) is 0 Å². The van der Waals surface area contributed by atoms with E-state index < -0.39 is 0 Å². The van der Waals surface area contributed by atoms with E-state index in [9.17, 15) is 5.11 Å². The predicted molar refractivity (Wildman–Crippen MR) is 64.7 cm³/mol. The Balaban J connectivity index is 3.94. The minimum absolute atomic E-state index is 0.124. The van der Waals surface area contributed by atoms with Gasteiger partial charge in [0, 0.05) is 39.9 Å². The first kappa shape index (κ1) is 15.8. The van der Waals surface area contributed by atoms with E-state index in [1.54, 1.807) is 14.2 Å². The molecule has 0 aromatic carbocycles. The van der Waals surface area contributed by atoms with Crippen molar-refractivity contribution in [2.24, 2.45) is 0 Å². The van der Waals surface area contributed by atoms with Crippen molar-refractivity contribution in [2.75, 3.05) is 60.2 Å². The van der Waals surface area contributed by atoms with Crippen LogP contribution in [0.25, 0.3) is 0 Å². The molecule has 0 aromatic heterocycles. The van der Waals surface area contributed by atoms with E-state index in [4.69, 9.17) is 9.47 Å². The number of nitrogens with zero attached hydrogens (tertiary/aromatic N) is 1. The fourth-order valence-electron chi connectivity index (χ4n) is 1.52. The summed E-state index contributed by atoms with van der Waals surface area (Å²) in [4.78, 5) is 2.23. The molecule has 0 aliphatic carbocycles. The number of methoxy groups -OCH3 is 2. The van der Waals surface area contributed by atoms with E-state index in [-0.39, 0.29) is 12.6 Å². The fourth-order valence-corrected chi connectivity index (χ4v) is 1.52. The van der Waals surface area contributed by atoms with E-state index >= 15 is 0 Å². The summed E-state index contributed by atoms with van der Waals surface area (Å²) in [5.41, 5.74) is 0. The summed E-state index contributed by atoms with van der Waals surface area (Å²) in [5, 5.41) is 12.4. The molecule has 0 aliphatic rings. The minimum atomic E-state index is 0.124. The molecule has 98 valence electrons. The van der Waals surface area contributed by atoms with Crippen LogP contribution in [0.15, 0.2) is 0 Å². The number of hydrogen-bond donors (Lipinski definition) is 2. The average Bonchev–Trinajstić information content (AvgIpc) is 2.31. The molecular weight excluding hydrogens is 208 g/mol. The van der Waals surface area contributed by atoms with Crippen molar-refractivity contribution in [3.63, 3.8) is 0 Å². The molecule has 1 unspecified atom stereocenters. The second-order valence-electron chi connectivity index (χ2n) is 3.72. The SMILES string of the molecule is CCNC(CO)CN(CCOC)CCOC. The molecule has 0 fully saturated rings. The Bertz CT molecular complexity index is 139. The first-order valence-corrected chi connectivity index (χ1v) is 5.82. The lowest BCUT2D eigenvalue weighted by Gasteiger charge is -2.26. The first-order valence-electron chi connectivity index (χ1n) is 5.82. The monoisotopic (exact) mass is 234 g/mol. The highest BCUT2D eigenvalue weighted by molar-refractivity contribution is 4.70. The smallest absolute Gasteiger partial charge is 0.0597 e. The Morgan fingerprint density at radius 3 is 2.12 bits per heavy atom. The topological polar surface area (TPSA) is 54.0 Å². The number of rotatable bonds is 11. The number of aliphatic hydroxyl groups excluding tert-OH is 1. The summed E-state index contributed by atoms with van der Waals surface area (Å²) < 4.78 is 10.1. The first-order chi connectivity index (χ1) is 7.78. The van der Waals surface area contributed by atoms with Gasteiger partial charge >= 0.3 is 0 Å². The van der Waals surface area contributed by atoms with Crippen LogP contribution in [0.1, 0.15) is 6.92 Å². The molecule has 2 N–H and O–H groups in total. The van der Waals surface area contributed by atoms with Gasteiger partial charge in [-0.15, -0.1) is 0 Å². The van der Waals surface area contributed by atoms with Crippen molar-refractivity contribution in [1.82, 2.24) is 10.2 Å². The zero-order valence-electron chi connectivity index (χ0n) is 10.7. The lowest BCUT2D eigenvalue weighted by Crippen LogP contribution is -2.45. The molecule has 0 amide bonds. The molecular formula is C11H26N2O3. The highest BCUT2D eigenvalue weighted by atomic mass is 16.5. The van der Waals surface area contributed by atoms with Crippen LogP contribution in [-0.2, 0) is 9.47 Å². The molecule has 0 spiro atoms. The quantitative estimate of drug-likeness (QED) is 0.507. The van der Waals surface area contributed by atoms with Crippen LogP contribution < -0.4 is 5.32 Å². The second-order valence-corrected chi connectivity index (χ2v) is 3.72. The highest BCUT2D eigenvalue weighted by Crippen LogP contribution is 1.93. The van der Waals surface area contributed by atoms with Gasteiger partial charge in [0.25, 0.3) is 0 Å². The Hall–Kier alpha value is -0.200. The summed E-state index contributed by atoms with van der Waals surface area (Å²) in [6.45, 7) is 7.01. The summed E-state index contributed by atoms with van der Waals surface area (Å²) >= 11 is 0. The van der Waals surface area contributed by atoms with E-state index in [1.165, 1.54) is 0 Å². The van der Waals surface area contributed by atoms with Crippen molar-refractivity contribution >= 4 is 0 Å². The third-order valence-corrected chi connectivity index (χ3v) is 2.42. The molecule has 0 heterocycles. The van der Waals surface area contributed by atoms with Gasteiger partial charge in [-0.05, 0) is 6.54 Å². The second kappa shape index (κ2) is 11.3.